The number of hydrogen-bond donors (Lipinski definition) is 1. The number of carbonyl (C=O) groups is 1. The second kappa shape index (κ2) is 7.30. The van der Waals surface area contributed by atoms with Gasteiger partial charge in [0, 0.05) is 24.1 Å². The van der Waals surface area contributed by atoms with Crippen molar-refractivity contribution < 1.29 is 9.32 Å². The van der Waals surface area contributed by atoms with Crippen molar-refractivity contribution in [2.75, 3.05) is 5.32 Å². The van der Waals surface area contributed by atoms with Gasteiger partial charge in [0.2, 0.25) is 17.6 Å². The van der Waals surface area contributed by atoms with Crippen LogP contribution in [-0.2, 0) is 11.2 Å². The summed E-state index contributed by atoms with van der Waals surface area (Å²) in [5.74, 6) is 0.954. The normalized spacial score (nSPS) is 10.7. The molecule has 0 atom stereocenters. The molecule has 1 amide bonds. The predicted molar refractivity (Wildman–Crippen MR) is 97.3 cm³/mol. The topological polar surface area (TPSA) is 68.0 Å². The third-order valence-electron chi connectivity index (χ3n) is 4.21. The SMILES string of the molecule is Cc1ccc(NC(=O)CCc2nc(-c3ccccc3C)no2)cc1C. The van der Waals surface area contributed by atoms with Gasteiger partial charge >= 0.3 is 0 Å². The van der Waals surface area contributed by atoms with Crippen LogP contribution in [0.3, 0.4) is 0 Å². The fourth-order valence-corrected chi connectivity index (χ4v) is 2.55. The summed E-state index contributed by atoms with van der Waals surface area (Å²) in [6.07, 6.45) is 0.706. The van der Waals surface area contributed by atoms with Gasteiger partial charge in [-0.1, -0.05) is 35.5 Å². The van der Waals surface area contributed by atoms with Gasteiger partial charge in [0.1, 0.15) is 0 Å². The molecule has 0 radical (unpaired) electrons. The molecule has 5 heteroatoms. The molecule has 0 bridgehead atoms. The van der Waals surface area contributed by atoms with Gasteiger partial charge in [-0.15, -0.1) is 0 Å². The van der Waals surface area contributed by atoms with E-state index >= 15 is 0 Å². The molecular formula is C20H21N3O2. The first-order chi connectivity index (χ1) is 12.0. The number of hydrogen-bond acceptors (Lipinski definition) is 4. The Bertz CT molecular complexity index is 899. The van der Waals surface area contributed by atoms with E-state index in [1.165, 1.54) is 5.56 Å². The van der Waals surface area contributed by atoms with Crippen LogP contribution in [0.2, 0.25) is 0 Å². The molecule has 2 aromatic carbocycles. The van der Waals surface area contributed by atoms with E-state index < -0.39 is 0 Å². The Morgan fingerprint density at radius 2 is 1.84 bits per heavy atom. The number of anilines is 1. The number of nitrogens with zero attached hydrogens (tertiary/aromatic N) is 2. The Morgan fingerprint density at radius 3 is 2.60 bits per heavy atom. The fraction of sp³-hybridized carbons (Fsp3) is 0.250. The monoisotopic (exact) mass is 335 g/mol. The summed E-state index contributed by atoms with van der Waals surface area (Å²) in [5.41, 5.74) is 5.18. The lowest BCUT2D eigenvalue weighted by molar-refractivity contribution is -0.116. The molecule has 0 saturated carbocycles. The molecule has 0 saturated heterocycles. The van der Waals surface area contributed by atoms with E-state index in [-0.39, 0.29) is 5.91 Å². The first-order valence-electron chi connectivity index (χ1n) is 8.28. The minimum absolute atomic E-state index is 0.0705. The Labute approximate surface area is 147 Å². The maximum atomic E-state index is 12.1. The molecule has 3 rings (SSSR count). The van der Waals surface area contributed by atoms with Crippen LogP contribution in [0, 0.1) is 20.8 Å². The quantitative estimate of drug-likeness (QED) is 0.757. The van der Waals surface area contributed by atoms with Gasteiger partial charge in [-0.2, -0.15) is 4.98 Å². The maximum Gasteiger partial charge on any atom is 0.227 e. The highest BCUT2D eigenvalue weighted by Gasteiger charge is 2.12. The molecule has 0 fully saturated rings. The summed E-state index contributed by atoms with van der Waals surface area (Å²) >= 11 is 0. The van der Waals surface area contributed by atoms with Crippen molar-refractivity contribution >= 4 is 11.6 Å². The second-order valence-electron chi connectivity index (χ2n) is 6.17. The zero-order chi connectivity index (χ0) is 17.8. The third kappa shape index (κ3) is 4.12. The zero-order valence-corrected chi connectivity index (χ0v) is 14.7. The Balaban J connectivity index is 1.59. The van der Waals surface area contributed by atoms with E-state index in [2.05, 4.69) is 15.5 Å². The summed E-state index contributed by atoms with van der Waals surface area (Å²) in [7, 11) is 0. The Hall–Kier alpha value is -2.95. The lowest BCUT2D eigenvalue weighted by Crippen LogP contribution is -2.12. The van der Waals surface area contributed by atoms with Gasteiger partial charge in [0.25, 0.3) is 0 Å². The first kappa shape index (κ1) is 16.9. The predicted octanol–water partition coefficient (Wildman–Crippen LogP) is 4.23. The van der Waals surface area contributed by atoms with E-state index in [0.717, 1.165) is 22.4 Å². The van der Waals surface area contributed by atoms with Crippen molar-refractivity contribution in [3.8, 4) is 11.4 Å². The molecule has 128 valence electrons. The van der Waals surface area contributed by atoms with E-state index in [4.69, 9.17) is 4.52 Å². The first-order valence-corrected chi connectivity index (χ1v) is 8.28. The lowest BCUT2D eigenvalue weighted by Gasteiger charge is -2.06. The van der Waals surface area contributed by atoms with Crippen LogP contribution in [0.1, 0.15) is 29.0 Å². The van der Waals surface area contributed by atoms with Crippen LogP contribution in [0.5, 0.6) is 0 Å². The average Bonchev–Trinajstić information content (AvgIpc) is 3.05. The fourth-order valence-electron chi connectivity index (χ4n) is 2.55. The lowest BCUT2D eigenvalue weighted by atomic mass is 10.1. The summed E-state index contributed by atoms with van der Waals surface area (Å²) in [5, 5.41) is 6.91. The van der Waals surface area contributed by atoms with Crippen molar-refractivity contribution in [1.82, 2.24) is 10.1 Å². The van der Waals surface area contributed by atoms with Crippen LogP contribution in [0.15, 0.2) is 47.0 Å². The largest absolute Gasteiger partial charge is 0.339 e. The number of benzene rings is 2. The molecule has 0 aliphatic heterocycles. The van der Waals surface area contributed by atoms with Gasteiger partial charge < -0.3 is 9.84 Å². The molecule has 1 aromatic heterocycles. The van der Waals surface area contributed by atoms with Gasteiger partial charge in [0.15, 0.2) is 0 Å². The number of nitrogens with one attached hydrogen (secondary N) is 1. The summed E-state index contributed by atoms with van der Waals surface area (Å²) < 4.78 is 5.27. The third-order valence-corrected chi connectivity index (χ3v) is 4.21. The van der Waals surface area contributed by atoms with Crippen LogP contribution in [0.4, 0.5) is 5.69 Å². The second-order valence-corrected chi connectivity index (χ2v) is 6.17. The number of aryl methyl sites for hydroxylation is 4. The highest BCUT2D eigenvalue weighted by molar-refractivity contribution is 5.90. The van der Waals surface area contributed by atoms with Crippen LogP contribution < -0.4 is 5.32 Å². The molecular weight excluding hydrogens is 314 g/mol. The van der Waals surface area contributed by atoms with E-state index in [9.17, 15) is 4.79 Å². The van der Waals surface area contributed by atoms with E-state index in [1.54, 1.807) is 0 Å². The van der Waals surface area contributed by atoms with Crippen LogP contribution in [0.25, 0.3) is 11.4 Å². The van der Waals surface area contributed by atoms with Crippen LogP contribution >= 0.6 is 0 Å². The number of rotatable bonds is 5. The molecule has 1 heterocycles. The van der Waals surface area contributed by atoms with Gasteiger partial charge in [-0.3, -0.25) is 4.79 Å². The van der Waals surface area contributed by atoms with Crippen molar-refractivity contribution in [1.29, 1.82) is 0 Å². The summed E-state index contributed by atoms with van der Waals surface area (Å²) in [6, 6.07) is 13.7. The molecule has 5 nitrogen and oxygen atoms in total. The van der Waals surface area contributed by atoms with E-state index in [1.807, 2.05) is 63.2 Å². The minimum Gasteiger partial charge on any atom is -0.339 e. The Kier molecular flexibility index (Phi) is 4.93. The molecule has 25 heavy (non-hydrogen) atoms. The van der Waals surface area contributed by atoms with Crippen molar-refractivity contribution in [2.24, 2.45) is 0 Å². The Morgan fingerprint density at radius 1 is 1.04 bits per heavy atom. The highest BCUT2D eigenvalue weighted by Crippen LogP contribution is 2.20. The van der Waals surface area contributed by atoms with Gasteiger partial charge in [0.05, 0.1) is 0 Å². The average molecular weight is 335 g/mol. The zero-order valence-electron chi connectivity index (χ0n) is 14.7. The summed E-state index contributed by atoms with van der Waals surface area (Å²) in [6.45, 7) is 6.07. The standard InChI is InChI=1S/C20H21N3O2/c1-13-8-9-16(12-15(13)3)21-18(24)10-11-19-22-20(23-25-19)17-7-5-4-6-14(17)2/h4-9,12H,10-11H2,1-3H3,(H,21,24). The number of carbonyl (C=O) groups excluding carboxylic acids is 1. The van der Waals surface area contributed by atoms with Gasteiger partial charge in [-0.05, 0) is 49.6 Å². The number of amides is 1. The maximum absolute atomic E-state index is 12.1. The minimum atomic E-state index is -0.0705. The molecule has 0 spiro atoms. The van der Waals surface area contributed by atoms with E-state index in [0.29, 0.717) is 24.6 Å². The van der Waals surface area contributed by atoms with Crippen molar-refractivity contribution in [3.05, 3.63) is 65.0 Å². The van der Waals surface area contributed by atoms with Crippen LogP contribution in [-0.4, -0.2) is 16.0 Å². The van der Waals surface area contributed by atoms with Crippen molar-refractivity contribution in [2.45, 2.75) is 33.6 Å². The molecule has 0 aliphatic rings. The smallest absolute Gasteiger partial charge is 0.227 e. The molecule has 0 aliphatic carbocycles. The number of aromatic nitrogens is 2. The summed E-state index contributed by atoms with van der Waals surface area (Å²) in [4.78, 5) is 16.5. The van der Waals surface area contributed by atoms with Gasteiger partial charge in [-0.25, -0.2) is 0 Å². The molecule has 3 aromatic rings. The highest BCUT2D eigenvalue weighted by atomic mass is 16.5. The molecule has 1 N–H and O–H groups in total. The van der Waals surface area contributed by atoms with Crippen molar-refractivity contribution in [3.63, 3.8) is 0 Å². The molecule has 0 unspecified atom stereocenters.